The molecule has 0 aliphatic heterocycles. The third kappa shape index (κ3) is 2.53. The number of nitrogens with two attached hydrogens (primary N) is 1. The quantitative estimate of drug-likeness (QED) is 0.612. The standard InChI is InChI=1S/C9H14N2O/c10-7-8-2-1-3-9(6-8)11-4-5-12/h1-3,6,11-12H,4-5,7,10H2. The zero-order valence-electron chi connectivity index (χ0n) is 6.96. The third-order valence-corrected chi connectivity index (χ3v) is 1.60. The van der Waals surface area contributed by atoms with Gasteiger partial charge in [0, 0.05) is 18.8 Å². The van der Waals surface area contributed by atoms with Crippen LogP contribution in [0.2, 0.25) is 0 Å². The first-order chi connectivity index (χ1) is 5.86. The van der Waals surface area contributed by atoms with Gasteiger partial charge in [0.15, 0.2) is 0 Å². The molecule has 0 heterocycles. The van der Waals surface area contributed by atoms with E-state index in [9.17, 15) is 0 Å². The molecule has 0 atom stereocenters. The number of anilines is 1. The second-order valence-corrected chi connectivity index (χ2v) is 2.55. The zero-order valence-corrected chi connectivity index (χ0v) is 6.96. The van der Waals surface area contributed by atoms with E-state index in [2.05, 4.69) is 5.32 Å². The summed E-state index contributed by atoms with van der Waals surface area (Å²) < 4.78 is 0. The molecule has 0 amide bonds. The average molecular weight is 166 g/mol. The van der Waals surface area contributed by atoms with Crippen LogP contribution in [-0.2, 0) is 6.54 Å². The molecule has 1 aromatic rings. The Hall–Kier alpha value is -1.06. The van der Waals surface area contributed by atoms with Crippen LogP contribution in [0.3, 0.4) is 0 Å². The fourth-order valence-corrected chi connectivity index (χ4v) is 1.01. The van der Waals surface area contributed by atoms with Gasteiger partial charge in [0.1, 0.15) is 0 Å². The Kier molecular flexibility index (Phi) is 3.57. The molecule has 0 aromatic heterocycles. The van der Waals surface area contributed by atoms with Gasteiger partial charge in [-0.25, -0.2) is 0 Å². The lowest BCUT2D eigenvalue weighted by Gasteiger charge is -2.05. The van der Waals surface area contributed by atoms with Gasteiger partial charge in [0.2, 0.25) is 0 Å². The van der Waals surface area contributed by atoms with Crippen molar-refractivity contribution in [2.24, 2.45) is 5.73 Å². The van der Waals surface area contributed by atoms with Crippen molar-refractivity contribution in [2.45, 2.75) is 6.54 Å². The molecule has 0 radical (unpaired) electrons. The summed E-state index contributed by atoms with van der Waals surface area (Å²) in [5, 5.41) is 11.6. The fourth-order valence-electron chi connectivity index (χ4n) is 1.01. The van der Waals surface area contributed by atoms with E-state index in [0.717, 1.165) is 11.3 Å². The first kappa shape index (κ1) is 9.03. The summed E-state index contributed by atoms with van der Waals surface area (Å²) in [5.74, 6) is 0. The molecule has 4 N–H and O–H groups in total. The Bertz CT molecular complexity index is 238. The predicted octanol–water partition coefficient (Wildman–Crippen LogP) is 0.549. The van der Waals surface area contributed by atoms with Gasteiger partial charge >= 0.3 is 0 Å². The zero-order chi connectivity index (χ0) is 8.81. The molecule has 0 bridgehead atoms. The molecule has 0 unspecified atom stereocenters. The van der Waals surface area contributed by atoms with Gasteiger partial charge in [-0.2, -0.15) is 0 Å². The summed E-state index contributed by atoms with van der Waals surface area (Å²) in [6.07, 6.45) is 0. The van der Waals surface area contributed by atoms with E-state index in [4.69, 9.17) is 10.8 Å². The average Bonchev–Trinajstić information content (AvgIpc) is 2.15. The number of rotatable bonds is 4. The first-order valence-corrected chi connectivity index (χ1v) is 4.00. The largest absolute Gasteiger partial charge is 0.395 e. The van der Waals surface area contributed by atoms with E-state index >= 15 is 0 Å². The Morgan fingerprint density at radius 1 is 1.42 bits per heavy atom. The van der Waals surface area contributed by atoms with E-state index < -0.39 is 0 Å². The maximum Gasteiger partial charge on any atom is 0.0604 e. The topological polar surface area (TPSA) is 58.3 Å². The van der Waals surface area contributed by atoms with E-state index in [-0.39, 0.29) is 6.61 Å². The summed E-state index contributed by atoms with van der Waals surface area (Å²) in [7, 11) is 0. The number of aliphatic hydroxyl groups excluding tert-OH is 1. The van der Waals surface area contributed by atoms with Gasteiger partial charge in [-0.3, -0.25) is 0 Å². The molecule has 1 rings (SSSR count). The normalized spacial score (nSPS) is 9.83. The number of nitrogens with one attached hydrogen (secondary N) is 1. The Morgan fingerprint density at radius 2 is 2.25 bits per heavy atom. The Labute approximate surface area is 72.2 Å². The van der Waals surface area contributed by atoms with Gasteiger partial charge in [0.05, 0.1) is 6.61 Å². The van der Waals surface area contributed by atoms with Crippen molar-refractivity contribution in [3.8, 4) is 0 Å². The minimum absolute atomic E-state index is 0.146. The van der Waals surface area contributed by atoms with Gasteiger partial charge in [0.25, 0.3) is 0 Å². The smallest absolute Gasteiger partial charge is 0.0604 e. The van der Waals surface area contributed by atoms with E-state index in [1.165, 1.54) is 0 Å². The van der Waals surface area contributed by atoms with Crippen LogP contribution in [0.5, 0.6) is 0 Å². The lowest BCUT2D eigenvalue weighted by molar-refractivity contribution is 0.311. The highest BCUT2D eigenvalue weighted by molar-refractivity contribution is 5.45. The molecular weight excluding hydrogens is 152 g/mol. The van der Waals surface area contributed by atoms with Gasteiger partial charge in [-0.05, 0) is 17.7 Å². The summed E-state index contributed by atoms with van der Waals surface area (Å²) >= 11 is 0. The molecule has 12 heavy (non-hydrogen) atoms. The van der Waals surface area contributed by atoms with Crippen LogP contribution in [0.15, 0.2) is 24.3 Å². The minimum atomic E-state index is 0.146. The van der Waals surface area contributed by atoms with Crippen molar-refractivity contribution < 1.29 is 5.11 Å². The van der Waals surface area contributed by atoms with Crippen molar-refractivity contribution in [2.75, 3.05) is 18.5 Å². The van der Waals surface area contributed by atoms with Crippen LogP contribution in [0.4, 0.5) is 5.69 Å². The number of hydrogen-bond acceptors (Lipinski definition) is 3. The van der Waals surface area contributed by atoms with Crippen LogP contribution < -0.4 is 11.1 Å². The molecule has 0 saturated heterocycles. The van der Waals surface area contributed by atoms with Crippen LogP contribution in [0.1, 0.15) is 5.56 Å². The summed E-state index contributed by atoms with van der Waals surface area (Å²) in [6.45, 7) is 1.27. The highest BCUT2D eigenvalue weighted by atomic mass is 16.3. The summed E-state index contributed by atoms with van der Waals surface area (Å²) in [5.41, 5.74) is 7.57. The lowest BCUT2D eigenvalue weighted by Crippen LogP contribution is -2.06. The predicted molar refractivity (Wildman–Crippen MR) is 49.9 cm³/mol. The Morgan fingerprint density at radius 3 is 2.92 bits per heavy atom. The maximum absolute atomic E-state index is 8.57. The molecule has 3 heteroatoms. The van der Waals surface area contributed by atoms with Crippen LogP contribution in [-0.4, -0.2) is 18.3 Å². The number of benzene rings is 1. The van der Waals surface area contributed by atoms with Gasteiger partial charge in [-0.15, -0.1) is 0 Å². The van der Waals surface area contributed by atoms with E-state index in [1.54, 1.807) is 0 Å². The molecule has 1 aromatic carbocycles. The molecule has 0 aliphatic rings. The summed E-state index contributed by atoms with van der Waals surface area (Å²) in [6, 6.07) is 7.86. The minimum Gasteiger partial charge on any atom is -0.395 e. The maximum atomic E-state index is 8.57. The number of hydrogen-bond donors (Lipinski definition) is 3. The van der Waals surface area contributed by atoms with Crippen LogP contribution in [0.25, 0.3) is 0 Å². The highest BCUT2D eigenvalue weighted by Gasteiger charge is 1.91. The summed E-state index contributed by atoms with van der Waals surface area (Å²) in [4.78, 5) is 0. The van der Waals surface area contributed by atoms with Crippen molar-refractivity contribution in [3.63, 3.8) is 0 Å². The second-order valence-electron chi connectivity index (χ2n) is 2.55. The highest BCUT2D eigenvalue weighted by Crippen LogP contribution is 2.09. The van der Waals surface area contributed by atoms with Crippen molar-refractivity contribution in [1.29, 1.82) is 0 Å². The van der Waals surface area contributed by atoms with Crippen molar-refractivity contribution in [1.82, 2.24) is 0 Å². The third-order valence-electron chi connectivity index (χ3n) is 1.60. The van der Waals surface area contributed by atoms with Crippen LogP contribution >= 0.6 is 0 Å². The molecular formula is C9H14N2O. The fraction of sp³-hybridized carbons (Fsp3) is 0.333. The van der Waals surface area contributed by atoms with Gasteiger partial charge < -0.3 is 16.2 Å². The lowest BCUT2D eigenvalue weighted by atomic mass is 10.2. The number of aliphatic hydroxyl groups is 1. The molecule has 0 aliphatic carbocycles. The van der Waals surface area contributed by atoms with Crippen molar-refractivity contribution in [3.05, 3.63) is 29.8 Å². The second kappa shape index (κ2) is 4.74. The molecule has 66 valence electrons. The van der Waals surface area contributed by atoms with E-state index in [0.29, 0.717) is 13.1 Å². The van der Waals surface area contributed by atoms with Gasteiger partial charge in [-0.1, -0.05) is 12.1 Å². The first-order valence-electron chi connectivity index (χ1n) is 4.00. The molecule has 0 spiro atoms. The Balaban J connectivity index is 2.60. The van der Waals surface area contributed by atoms with Crippen LogP contribution in [0, 0.1) is 0 Å². The molecule has 0 fully saturated rings. The van der Waals surface area contributed by atoms with E-state index in [1.807, 2.05) is 24.3 Å². The molecule has 3 nitrogen and oxygen atoms in total. The van der Waals surface area contributed by atoms with Crippen molar-refractivity contribution >= 4 is 5.69 Å². The SMILES string of the molecule is NCc1cccc(NCCO)c1. The monoisotopic (exact) mass is 166 g/mol. The molecule has 0 saturated carbocycles.